The van der Waals surface area contributed by atoms with Crippen LogP contribution in [0.1, 0.15) is 49.7 Å². The zero-order valence-electron chi connectivity index (χ0n) is 35.1. The highest BCUT2D eigenvalue weighted by atomic mass is 79.9. The fraction of sp³-hybridized carbons (Fsp3) is 0.333. The molecule has 2 saturated heterocycles. The minimum absolute atomic E-state index is 0.0809. The number of amides is 4. The monoisotopic (exact) mass is 1040 g/mol. The molecule has 0 spiro atoms. The van der Waals surface area contributed by atoms with Crippen LogP contribution in [0.15, 0.2) is 104 Å². The summed E-state index contributed by atoms with van der Waals surface area (Å²) < 4.78 is 12.2. The molecule has 4 aromatic carbocycles. The first kappa shape index (κ1) is 48.5. The summed E-state index contributed by atoms with van der Waals surface area (Å²) in [6, 6.07) is 23.4. The van der Waals surface area contributed by atoms with Crippen molar-refractivity contribution in [2.45, 2.75) is 60.4 Å². The van der Waals surface area contributed by atoms with Crippen molar-refractivity contribution in [2.24, 2.45) is 0 Å². The lowest BCUT2D eigenvalue weighted by Crippen LogP contribution is -2.38. The van der Waals surface area contributed by atoms with Crippen molar-refractivity contribution in [3.63, 3.8) is 0 Å². The Hall–Kier alpha value is -3.95. The summed E-state index contributed by atoms with van der Waals surface area (Å²) in [6.07, 6.45) is 10.4. The highest BCUT2D eigenvalue weighted by molar-refractivity contribution is 9.11. The first-order chi connectivity index (χ1) is 30.5. The number of carbonyl (C=O) groups is 4. The van der Waals surface area contributed by atoms with Gasteiger partial charge in [-0.1, -0.05) is 115 Å². The number of benzene rings is 4. The summed E-state index contributed by atoms with van der Waals surface area (Å²) in [5, 5.41) is 6.85. The van der Waals surface area contributed by atoms with Crippen LogP contribution < -0.4 is 10.6 Å². The van der Waals surface area contributed by atoms with Gasteiger partial charge in [-0.05, 0) is 84.4 Å². The van der Waals surface area contributed by atoms with E-state index in [-0.39, 0.29) is 35.7 Å². The van der Waals surface area contributed by atoms with Gasteiger partial charge in [0, 0.05) is 95.3 Å². The van der Waals surface area contributed by atoms with E-state index in [2.05, 4.69) is 42.5 Å². The molecule has 2 N–H and O–H groups in total. The smallest absolute Gasteiger partial charge is 0.244 e. The Bertz CT molecular complexity index is 2200. The van der Waals surface area contributed by atoms with Crippen LogP contribution in [0.4, 0.5) is 0 Å². The van der Waals surface area contributed by atoms with E-state index in [1.54, 1.807) is 26.4 Å². The highest BCUT2D eigenvalue weighted by Gasteiger charge is 2.31. The van der Waals surface area contributed by atoms with Crippen molar-refractivity contribution in [2.75, 3.05) is 53.6 Å². The Kier molecular flexibility index (Phi) is 18.3. The van der Waals surface area contributed by atoms with Crippen molar-refractivity contribution >= 4 is 103 Å². The SMILES string of the molecule is COC[C@@H]1CCC(=O)N1CCCNC(=O)/C=C/c1ccc(Sc2ccc(/C=C/C(=O)NCCCN3C(=O)CC[C@H]3COC)c(-c3ccccc3Br)c2Cl)c(Cl)c1-c1ccccc1Br. The number of ether oxygens (including phenoxy) is 2. The fourth-order valence-corrected chi connectivity index (χ4v) is 10.5. The summed E-state index contributed by atoms with van der Waals surface area (Å²) >= 11 is 23.5. The number of nitrogens with zero attached hydrogens (tertiary/aromatic N) is 2. The standard InChI is InChI=1S/C48H50Br2Cl2N4O6S/c1-61-29-33-17-23-43(59)55(33)27-7-25-53-41(57)21-15-31-13-19-39(47(51)45(31)35-9-3-5-11-37(35)49)63-40-20-14-32(46(48(40)52)36-10-4-6-12-38(36)50)16-22-42(58)54-26-8-28-56-34(30-62-2)18-24-44(56)60/h3-6,9-16,19-22,33-34H,7-8,17-18,23-30H2,1-2H3,(H,53,57)(H,54,58)/b21-15+,22-16+/t33-,34-/m0/s1. The Balaban J connectivity index is 1.19. The average molecular weight is 1040 g/mol. The van der Waals surface area contributed by atoms with Gasteiger partial charge in [0.25, 0.3) is 0 Å². The minimum Gasteiger partial charge on any atom is -0.383 e. The molecule has 0 bridgehead atoms. The molecule has 332 valence electrons. The van der Waals surface area contributed by atoms with Gasteiger partial charge in [0.05, 0.1) is 35.3 Å². The number of methoxy groups -OCH3 is 2. The molecule has 0 aliphatic carbocycles. The van der Waals surface area contributed by atoms with E-state index in [4.69, 9.17) is 32.7 Å². The third-order valence-corrected chi connectivity index (χ3v) is 14.5. The fourth-order valence-electron chi connectivity index (χ4n) is 7.88. The van der Waals surface area contributed by atoms with Crippen LogP contribution >= 0.6 is 66.8 Å². The Morgan fingerprint density at radius 2 is 1.10 bits per heavy atom. The van der Waals surface area contributed by atoms with E-state index >= 15 is 0 Å². The summed E-state index contributed by atoms with van der Waals surface area (Å²) in [6.45, 7) is 2.98. The maximum absolute atomic E-state index is 13.0. The molecule has 2 aliphatic heterocycles. The lowest BCUT2D eigenvalue weighted by molar-refractivity contribution is -0.130. The quantitative estimate of drug-likeness (QED) is 0.0669. The van der Waals surface area contributed by atoms with Gasteiger partial charge in [0.1, 0.15) is 0 Å². The Morgan fingerprint density at radius 3 is 1.49 bits per heavy atom. The van der Waals surface area contributed by atoms with Crippen LogP contribution in [-0.4, -0.2) is 99.1 Å². The second-order valence-corrected chi connectivity index (χ2v) is 18.7. The number of likely N-dealkylation sites (tertiary alicyclic amines) is 2. The summed E-state index contributed by atoms with van der Waals surface area (Å²) in [5.41, 5.74) is 4.67. The van der Waals surface area contributed by atoms with E-state index in [0.29, 0.717) is 75.1 Å². The molecule has 0 unspecified atom stereocenters. The second kappa shape index (κ2) is 23.8. The molecule has 10 nitrogen and oxygen atoms in total. The zero-order chi connectivity index (χ0) is 44.9. The molecule has 6 rings (SSSR count). The highest BCUT2D eigenvalue weighted by Crippen LogP contribution is 2.48. The predicted molar refractivity (Wildman–Crippen MR) is 260 cm³/mol. The number of hydrogen-bond acceptors (Lipinski definition) is 7. The van der Waals surface area contributed by atoms with Gasteiger partial charge in [0.15, 0.2) is 0 Å². The van der Waals surface area contributed by atoms with Gasteiger partial charge < -0.3 is 29.9 Å². The van der Waals surface area contributed by atoms with Crippen LogP contribution in [-0.2, 0) is 28.7 Å². The number of nitrogens with one attached hydrogen (secondary N) is 2. The number of rotatable bonds is 20. The first-order valence-corrected chi connectivity index (χ1v) is 24.0. The van der Waals surface area contributed by atoms with Gasteiger partial charge >= 0.3 is 0 Å². The summed E-state index contributed by atoms with van der Waals surface area (Å²) in [4.78, 5) is 55.9. The van der Waals surface area contributed by atoms with Gasteiger partial charge in [0.2, 0.25) is 23.6 Å². The van der Waals surface area contributed by atoms with Crippen molar-refractivity contribution in [1.29, 1.82) is 0 Å². The van der Waals surface area contributed by atoms with E-state index in [0.717, 1.165) is 65.0 Å². The van der Waals surface area contributed by atoms with Crippen LogP contribution in [0.25, 0.3) is 34.4 Å². The molecule has 2 atom stereocenters. The molecule has 0 radical (unpaired) electrons. The minimum atomic E-state index is -0.256. The van der Waals surface area contributed by atoms with E-state index in [1.807, 2.05) is 82.6 Å². The van der Waals surface area contributed by atoms with Crippen LogP contribution in [0, 0.1) is 0 Å². The molecule has 4 aromatic rings. The lowest BCUT2D eigenvalue weighted by Gasteiger charge is -2.24. The summed E-state index contributed by atoms with van der Waals surface area (Å²) in [7, 11) is 3.28. The van der Waals surface area contributed by atoms with Crippen LogP contribution in [0.3, 0.4) is 0 Å². The second-order valence-electron chi connectivity index (χ2n) is 15.2. The third-order valence-electron chi connectivity index (χ3n) is 11.0. The molecule has 0 saturated carbocycles. The topological polar surface area (TPSA) is 117 Å². The van der Waals surface area contributed by atoms with Crippen molar-refractivity contribution in [3.05, 3.63) is 115 Å². The molecular formula is C48H50Br2Cl2N4O6S. The van der Waals surface area contributed by atoms with Crippen LogP contribution in [0.2, 0.25) is 10.0 Å². The Labute approximate surface area is 400 Å². The molecular weight excluding hydrogens is 991 g/mol. The van der Waals surface area contributed by atoms with Crippen molar-refractivity contribution in [1.82, 2.24) is 20.4 Å². The first-order valence-electron chi connectivity index (χ1n) is 20.8. The number of halogens is 4. The number of hydrogen-bond donors (Lipinski definition) is 2. The van der Waals surface area contributed by atoms with E-state index < -0.39 is 0 Å². The van der Waals surface area contributed by atoms with Crippen molar-refractivity contribution < 1.29 is 28.7 Å². The molecule has 2 aliphatic rings. The molecule has 63 heavy (non-hydrogen) atoms. The third kappa shape index (κ3) is 12.7. The predicted octanol–water partition coefficient (Wildman–Crippen LogP) is 10.3. The average Bonchev–Trinajstić information content (AvgIpc) is 3.81. The number of carbonyl (C=O) groups excluding carboxylic acids is 4. The maximum Gasteiger partial charge on any atom is 0.244 e. The Morgan fingerprint density at radius 1 is 0.683 bits per heavy atom. The molecule has 4 amide bonds. The lowest BCUT2D eigenvalue weighted by atomic mass is 9.99. The van der Waals surface area contributed by atoms with Gasteiger partial charge in [-0.15, -0.1) is 0 Å². The molecule has 15 heteroatoms. The summed E-state index contributed by atoms with van der Waals surface area (Å²) in [5.74, 6) is -0.267. The molecule has 2 fully saturated rings. The van der Waals surface area contributed by atoms with E-state index in [9.17, 15) is 19.2 Å². The van der Waals surface area contributed by atoms with Gasteiger partial charge in [-0.3, -0.25) is 19.2 Å². The van der Waals surface area contributed by atoms with Crippen LogP contribution in [0.5, 0.6) is 0 Å². The van der Waals surface area contributed by atoms with Crippen molar-refractivity contribution in [3.8, 4) is 22.3 Å². The zero-order valence-corrected chi connectivity index (χ0v) is 40.6. The van der Waals surface area contributed by atoms with E-state index in [1.165, 1.54) is 23.9 Å². The molecule has 0 aromatic heterocycles. The normalized spacial score (nSPS) is 16.5. The van der Waals surface area contributed by atoms with Gasteiger partial charge in [-0.2, -0.15) is 0 Å². The maximum atomic E-state index is 13.0. The van der Waals surface area contributed by atoms with Gasteiger partial charge in [-0.25, -0.2) is 0 Å². The largest absolute Gasteiger partial charge is 0.383 e. The molecule has 2 heterocycles.